The standard InChI is InChI=1S/C14H15N5O/c15-8-1-3-9(4-2-8)19-11-6-20-5-10(11)12-13(19)14(16)18-7-17-12/h1,3-4,7-8H,2,5-6,15H2,(H2,16,17,18). The van der Waals surface area contributed by atoms with Crippen LogP contribution in [-0.4, -0.2) is 20.6 Å². The van der Waals surface area contributed by atoms with Gasteiger partial charge in [0.15, 0.2) is 5.82 Å². The van der Waals surface area contributed by atoms with Gasteiger partial charge >= 0.3 is 0 Å². The molecule has 1 atom stereocenters. The quantitative estimate of drug-likeness (QED) is 0.810. The average molecular weight is 269 g/mol. The molecule has 6 heteroatoms. The minimum Gasteiger partial charge on any atom is -0.382 e. The molecule has 4 N–H and O–H groups in total. The maximum Gasteiger partial charge on any atom is 0.151 e. The average Bonchev–Trinajstić information content (AvgIpc) is 3.01. The summed E-state index contributed by atoms with van der Waals surface area (Å²) < 4.78 is 7.66. The van der Waals surface area contributed by atoms with Crippen LogP contribution in [0, 0.1) is 0 Å². The molecule has 4 rings (SSSR count). The van der Waals surface area contributed by atoms with Crippen molar-refractivity contribution in [3.8, 4) is 0 Å². The highest BCUT2D eigenvalue weighted by atomic mass is 16.5. The number of allylic oxidation sites excluding steroid dienone is 2. The van der Waals surface area contributed by atoms with Crippen LogP contribution in [-0.2, 0) is 18.0 Å². The molecule has 6 nitrogen and oxygen atoms in total. The predicted octanol–water partition coefficient (Wildman–Crippen LogP) is 1.17. The summed E-state index contributed by atoms with van der Waals surface area (Å²) in [4.78, 5) is 8.50. The van der Waals surface area contributed by atoms with Gasteiger partial charge in [-0.3, -0.25) is 0 Å². The Hall–Kier alpha value is -2.18. The van der Waals surface area contributed by atoms with Gasteiger partial charge in [-0.05, 0) is 12.5 Å². The molecular formula is C14H15N5O. The van der Waals surface area contributed by atoms with Gasteiger partial charge in [-0.25, -0.2) is 9.97 Å². The summed E-state index contributed by atoms with van der Waals surface area (Å²) >= 11 is 0. The van der Waals surface area contributed by atoms with Crippen LogP contribution in [0.2, 0.25) is 0 Å². The van der Waals surface area contributed by atoms with Gasteiger partial charge in [0.1, 0.15) is 17.4 Å². The summed E-state index contributed by atoms with van der Waals surface area (Å²) in [7, 11) is 0. The van der Waals surface area contributed by atoms with Crippen molar-refractivity contribution in [3.05, 3.63) is 35.8 Å². The van der Waals surface area contributed by atoms with Crippen molar-refractivity contribution >= 4 is 22.5 Å². The van der Waals surface area contributed by atoms with Crippen LogP contribution < -0.4 is 11.5 Å². The number of ether oxygens (including phenoxy) is 1. The van der Waals surface area contributed by atoms with E-state index in [4.69, 9.17) is 16.2 Å². The van der Waals surface area contributed by atoms with Gasteiger partial charge in [-0.15, -0.1) is 0 Å². The van der Waals surface area contributed by atoms with Gasteiger partial charge in [0, 0.05) is 17.3 Å². The molecule has 0 amide bonds. The van der Waals surface area contributed by atoms with E-state index in [1.165, 1.54) is 6.33 Å². The lowest BCUT2D eigenvalue weighted by molar-refractivity contribution is 0.132. The van der Waals surface area contributed by atoms with Crippen LogP contribution in [0.1, 0.15) is 17.7 Å². The normalized spacial score (nSPS) is 21.2. The molecule has 1 unspecified atom stereocenters. The van der Waals surface area contributed by atoms with Gasteiger partial charge < -0.3 is 20.8 Å². The topological polar surface area (TPSA) is 92.0 Å². The maximum atomic E-state index is 6.06. The molecule has 0 spiro atoms. The Morgan fingerprint density at radius 1 is 1.30 bits per heavy atom. The summed E-state index contributed by atoms with van der Waals surface area (Å²) in [5.74, 6) is 0.494. The van der Waals surface area contributed by atoms with Gasteiger partial charge in [-0.1, -0.05) is 12.2 Å². The van der Waals surface area contributed by atoms with E-state index in [-0.39, 0.29) is 6.04 Å². The van der Waals surface area contributed by atoms with Crippen molar-refractivity contribution < 1.29 is 4.74 Å². The number of nitrogens with two attached hydrogens (primary N) is 2. The maximum absolute atomic E-state index is 6.06. The number of nitrogen functional groups attached to an aromatic ring is 1. The zero-order valence-corrected chi connectivity index (χ0v) is 10.9. The van der Waals surface area contributed by atoms with Crippen molar-refractivity contribution in [1.82, 2.24) is 14.5 Å². The number of anilines is 1. The minimum atomic E-state index is 0.0819. The number of hydrogen-bond acceptors (Lipinski definition) is 5. The molecule has 0 fully saturated rings. The van der Waals surface area contributed by atoms with Gasteiger partial charge in [0.05, 0.1) is 18.9 Å². The summed E-state index contributed by atoms with van der Waals surface area (Å²) in [5.41, 5.74) is 17.0. The van der Waals surface area contributed by atoms with Gasteiger partial charge in [-0.2, -0.15) is 0 Å². The van der Waals surface area contributed by atoms with Crippen LogP contribution in [0.15, 0.2) is 24.6 Å². The largest absolute Gasteiger partial charge is 0.382 e. The van der Waals surface area contributed by atoms with Gasteiger partial charge in [0.25, 0.3) is 0 Å². The van der Waals surface area contributed by atoms with E-state index < -0.39 is 0 Å². The fraction of sp³-hybridized carbons (Fsp3) is 0.286. The summed E-state index contributed by atoms with van der Waals surface area (Å²) in [6.45, 7) is 1.15. The second-order valence-corrected chi connectivity index (χ2v) is 5.10. The SMILES string of the molecule is Nc1ncnc2c3c(n(C4=CCC(N)C=C4)c12)COC3. The fourth-order valence-electron chi connectivity index (χ4n) is 2.87. The summed E-state index contributed by atoms with van der Waals surface area (Å²) in [6.07, 6.45) is 8.47. The zero-order valence-electron chi connectivity index (χ0n) is 10.9. The van der Waals surface area contributed by atoms with E-state index in [0.29, 0.717) is 19.0 Å². The van der Waals surface area contributed by atoms with Crippen LogP contribution in [0.4, 0.5) is 5.82 Å². The third-order valence-corrected chi connectivity index (χ3v) is 3.84. The first-order valence-electron chi connectivity index (χ1n) is 6.60. The van der Waals surface area contributed by atoms with Crippen LogP contribution in [0.25, 0.3) is 16.7 Å². The molecule has 0 radical (unpaired) electrons. The Labute approximate surface area is 115 Å². The Balaban J connectivity index is 2.02. The number of aromatic nitrogens is 3. The van der Waals surface area contributed by atoms with E-state index >= 15 is 0 Å². The Bertz CT molecular complexity index is 759. The first kappa shape index (κ1) is 11.6. The molecule has 3 heterocycles. The molecule has 102 valence electrons. The second kappa shape index (κ2) is 4.16. The molecule has 2 aromatic rings. The van der Waals surface area contributed by atoms with E-state index in [1.807, 2.05) is 12.2 Å². The zero-order chi connectivity index (χ0) is 13.7. The molecule has 2 aliphatic rings. The third kappa shape index (κ3) is 1.52. The molecule has 1 aliphatic carbocycles. The lowest BCUT2D eigenvalue weighted by atomic mass is 10.1. The lowest BCUT2D eigenvalue weighted by Crippen LogP contribution is -2.18. The van der Waals surface area contributed by atoms with Crippen LogP contribution in [0.5, 0.6) is 0 Å². The molecule has 20 heavy (non-hydrogen) atoms. The molecular weight excluding hydrogens is 254 g/mol. The molecule has 1 aliphatic heterocycles. The number of nitrogens with zero attached hydrogens (tertiary/aromatic N) is 3. The highest BCUT2D eigenvalue weighted by Gasteiger charge is 2.26. The minimum absolute atomic E-state index is 0.0819. The first-order chi connectivity index (χ1) is 9.75. The smallest absolute Gasteiger partial charge is 0.151 e. The number of rotatable bonds is 1. The number of hydrogen-bond donors (Lipinski definition) is 2. The molecule has 0 saturated heterocycles. The highest BCUT2D eigenvalue weighted by molar-refractivity contribution is 5.93. The molecule has 0 saturated carbocycles. The highest BCUT2D eigenvalue weighted by Crippen LogP contribution is 2.35. The predicted molar refractivity (Wildman–Crippen MR) is 76.4 cm³/mol. The molecule has 0 aromatic carbocycles. The van der Waals surface area contributed by atoms with E-state index in [1.54, 1.807) is 0 Å². The van der Waals surface area contributed by atoms with Crippen molar-refractivity contribution in [3.63, 3.8) is 0 Å². The Morgan fingerprint density at radius 2 is 2.20 bits per heavy atom. The second-order valence-electron chi connectivity index (χ2n) is 5.10. The summed E-state index contributed by atoms with van der Waals surface area (Å²) in [6, 6.07) is 0.0819. The van der Waals surface area contributed by atoms with Crippen molar-refractivity contribution in [1.29, 1.82) is 0 Å². The molecule has 0 bridgehead atoms. The Kier molecular flexibility index (Phi) is 2.42. The third-order valence-electron chi connectivity index (χ3n) is 3.84. The van der Waals surface area contributed by atoms with E-state index in [2.05, 4.69) is 20.6 Å². The monoisotopic (exact) mass is 269 g/mol. The number of fused-ring (bicyclic) bond motifs is 3. The van der Waals surface area contributed by atoms with Crippen molar-refractivity contribution in [2.45, 2.75) is 25.7 Å². The van der Waals surface area contributed by atoms with Crippen molar-refractivity contribution in [2.75, 3.05) is 5.73 Å². The Morgan fingerprint density at radius 3 is 3.00 bits per heavy atom. The van der Waals surface area contributed by atoms with E-state index in [0.717, 1.165) is 34.4 Å². The summed E-state index contributed by atoms with van der Waals surface area (Å²) in [5, 5.41) is 0. The van der Waals surface area contributed by atoms with Crippen molar-refractivity contribution in [2.24, 2.45) is 5.73 Å². The van der Waals surface area contributed by atoms with Crippen LogP contribution >= 0.6 is 0 Å². The fourth-order valence-corrected chi connectivity index (χ4v) is 2.87. The lowest BCUT2D eigenvalue weighted by Gasteiger charge is -2.16. The molecule has 2 aromatic heterocycles. The van der Waals surface area contributed by atoms with E-state index in [9.17, 15) is 0 Å². The van der Waals surface area contributed by atoms with Crippen LogP contribution in [0.3, 0.4) is 0 Å². The van der Waals surface area contributed by atoms with Gasteiger partial charge in [0.2, 0.25) is 0 Å². The first-order valence-corrected chi connectivity index (χ1v) is 6.60.